The van der Waals surface area contributed by atoms with Crippen molar-refractivity contribution in [2.24, 2.45) is 5.73 Å². The number of carbonyl (C=O) groups is 1. The van der Waals surface area contributed by atoms with Crippen LogP contribution in [-0.2, 0) is 0 Å². The number of hydrogen-bond acceptors (Lipinski definition) is 2. The van der Waals surface area contributed by atoms with Crippen molar-refractivity contribution >= 4 is 5.91 Å². The van der Waals surface area contributed by atoms with Gasteiger partial charge in [0.25, 0.3) is 5.91 Å². The van der Waals surface area contributed by atoms with Gasteiger partial charge in [-0.25, -0.2) is 4.39 Å². The van der Waals surface area contributed by atoms with E-state index in [4.69, 9.17) is 5.73 Å². The summed E-state index contributed by atoms with van der Waals surface area (Å²) in [6, 6.07) is 12.4. The summed E-state index contributed by atoms with van der Waals surface area (Å²) in [5.74, 6) is -0.870. The van der Waals surface area contributed by atoms with Gasteiger partial charge in [0.1, 0.15) is 5.82 Å². The second kappa shape index (κ2) is 6.71. The standard InChI is InChI=1S/C18H21FN2O/c1-12-4-6-14(7-5-12)15-8-9-16(17(19)10-15)18(22)21(3)13(2)11-20/h4-10,13H,11,20H2,1-3H3. The van der Waals surface area contributed by atoms with Gasteiger partial charge in [-0.1, -0.05) is 35.9 Å². The minimum Gasteiger partial charge on any atom is -0.338 e. The molecule has 0 aliphatic heterocycles. The fraction of sp³-hybridized carbons (Fsp3) is 0.278. The Morgan fingerprint density at radius 2 is 1.77 bits per heavy atom. The molecule has 3 nitrogen and oxygen atoms in total. The maximum Gasteiger partial charge on any atom is 0.256 e. The van der Waals surface area contributed by atoms with E-state index in [9.17, 15) is 9.18 Å². The number of rotatable bonds is 4. The van der Waals surface area contributed by atoms with Gasteiger partial charge in [-0.15, -0.1) is 0 Å². The predicted molar refractivity (Wildman–Crippen MR) is 87.2 cm³/mol. The summed E-state index contributed by atoms with van der Waals surface area (Å²) in [6.45, 7) is 4.17. The van der Waals surface area contributed by atoms with Gasteiger partial charge < -0.3 is 10.6 Å². The highest BCUT2D eigenvalue weighted by Crippen LogP contribution is 2.23. The summed E-state index contributed by atoms with van der Waals surface area (Å²) in [4.78, 5) is 13.8. The maximum atomic E-state index is 14.3. The number of amides is 1. The molecule has 0 aromatic heterocycles. The molecule has 1 unspecified atom stereocenters. The lowest BCUT2D eigenvalue weighted by Gasteiger charge is -2.24. The summed E-state index contributed by atoms with van der Waals surface area (Å²) in [7, 11) is 1.63. The summed E-state index contributed by atoms with van der Waals surface area (Å²) in [5.41, 5.74) is 8.44. The van der Waals surface area contributed by atoms with Gasteiger partial charge in [-0.3, -0.25) is 4.79 Å². The lowest BCUT2D eigenvalue weighted by atomic mass is 10.0. The fourth-order valence-electron chi connectivity index (χ4n) is 2.16. The number of halogens is 1. The average Bonchev–Trinajstić information content (AvgIpc) is 2.53. The number of hydrogen-bond donors (Lipinski definition) is 1. The second-order valence-corrected chi connectivity index (χ2v) is 5.56. The van der Waals surface area contributed by atoms with Crippen molar-refractivity contribution in [3.05, 3.63) is 59.4 Å². The van der Waals surface area contributed by atoms with Gasteiger partial charge in [0.05, 0.1) is 5.56 Å². The lowest BCUT2D eigenvalue weighted by Crippen LogP contribution is -2.40. The third kappa shape index (κ3) is 3.34. The van der Waals surface area contributed by atoms with Crippen LogP contribution in [0.2, 0.25) is 0 Å². The Morgan fingerprint density at radius 1 is 1.18 bits per heavy atom. The number of likely N-dealkylation sites (N-methyl/N-ethyl adjacent to an activating group) is 1. The average molecular weight is 300 g/mol. The van der Waals surface area contributed by atoms with Gasteiger partial charge in [0, 0.05) is 19.6 Å². The smallest absolute Gasteiger partial charge is 0.256 e. The molecule has 0 radical (unpaired) electrons. The summed E-state index contributed by atoms with van der Waals surface area (Å²) >= 11 is 0. The summed E-state index contributed by atoms with van der Waals surface area (Å²) in [6.07, 6.45) is 0. The molecule has 2 aromatic carbocycles. The highest BCUT2D eigenvalue weighted by Gasteiger charge is 2.20. The van der Waals surface area contributed by atoms with E-state index in [2.05, 4.69) is 0 Å². The number of nitrogens with two attached hydrogens (primary N) is 1. The van der Waals surface area contributed by atoms with Gasteiger partial charge in [-0.2, -0.15) is 0 Å². The van der Waals surface area contributed by atoms with Crippen molar-refractivity contribution in [2.45, 2.75) is 19.9 Å². The predicted octanol–water partition coefficient (Wildman–Crippen LogP) is 3.22. The molecule has 0 bridgehead atoms. The zero-order chi connectivity index (χ0) is 16.3. The monoisotopic (exact) mass is 300 g/mol. The fourth-order valence-corrected chi connectivity index (χ4v) is 2.16. The molecular weight excluding hydrogens is 279 g/mol. The lowest BCUT2D eigenvalue weighted by molar-refractivity contribution is 0.0743. The first-order valence-corrected chi connectivity index (χ1v) is 7.28. The van der Waals surface area contributed by atoms with Crippen LogP contribution in [0.1, 0.15) is 22.8 Å². The maximum absolute atomic E-state index is 14.3. The third-order valence-electron chi connectivity index (χ3n) is 3.91. The zero-order valence-electron chi connectivity index (χ0n) is 13.1. The highest BCUT2D eigenvalue weighted by atomic mass is 19.1. The van der Waals surface area contributed by atoms with Crippen LogP contribution in [0.25, 0.3) is 11.1 Å². The van der Waals surface area contributed by atoms with Crippen LogP contribution < -0.4 is 5.73 Å². The van der Waals surface area contributed by atoms with Crippen molar-refractivity contribution in [2.75, 3.05) is 13.6 Å². The molecule has 1 amide bonds. The van der Waals surface area contributed by atoms with E-state index < -0.39 is 5.82 Å². The molecule has 22 heavy (non-hydrogen) atoms. The highest BCUT2D eigenvalue weighted by molar-refractivity contribution is 5.95. The minimum atomic E-state index is -0.515. The molecule has 2 N–H and O–H groups in total. The van der Waals surface area contributed by atoms with Crippen LogP contribution in [0, 0.1) is 12.7 Å². The van der Waals surface area contributed by atoms with Crippen molar-refractivity contribution < 1.29 is 9.18 Å². The van der Waals surface area contributed by atoms with Crippen LogP contribution >= 0.6 is 0 Å². The molecule has 1 atom stereocenters. The van der Waals surface area contributed by atoms with E-state index >= 15 is 0 Å². The van der Waals surface area contributed by atoms with Crippen molar-refractivity contribution in [1.29, 1.82) is 0 Å². The molecule has 116 valence electrons. The van der Waals surface area contributed by atoms with Crippen LogP contribution in [0.3, 0.4) is 0 Å². The molecule has 0 saturated heterocycles. The molecule has 4 heteroatoms. The van der Waals surface area contributed by atoms with Crippen LogP contribution in [0.5, 0.6) is 0 Å². The topological polar surface area (TPSA) is 46.3 Å². The Hall–Kier alpha value is -2.20. The van der Waals surface area contributed by atoms with E-state index in [0.29, 0.717) is 6.54 Å². The summed E-state index contributed by atoms with van der Waals surface area (Å²) < 4.78 is 14.3. The molecule has 0 aliphatic rings. The first-order chi connectivity index (χ1) is 10.4. The normalized spacial score (nSPS) is 12.0. The molecule has 0 fully saturated rings. The van der Waals surface area contributed by atoms with Gasteiger partial charge >= 0.3 is 0 Å². The van der Waals surface area contributed by atoms with E-state index in [1.165, 1.54) is 17.0 Å². The molecule has 2 rings (SSSR count). The van der Waals surface area contributed by atoms with Crippen molar-refractivity contribution in [3.8, 4) is 11.1 Å². The number of aryl methyl sites for hydroxylation is 1. The summed E-state index contributed by atoms with van der Waals surface area (Å²) in [5, 5.41) is 0. The Balaban J connectivity index is 2.30. The quantitative estimate of drug-likeness (QED) is 0.942. The van der Waals surface area contributed by atoms with Crippen LogP contribution in [-0.4, -0.2) is 30.4 Å². The number of nitrogens with zero attached hydrogens (tertiary/aromatic N) is 1. The Kier molecular flexibility index (Phi) is 4.93. The Bertz CT molecular complexity index is 667. The molecule has 2 aromatic rings. The molecular formula is C18H21FN2O. The largest absolute Gasteiger partial charge is 0.338 e. The van der Waals surface area contributed by atoms with Crippen molar-refractivity contribution in [3.63, 3.8) is 0 Å². The minimum absolute atomic E-state index is 0.0682. The third-order valence-corrected chi connectivity index (χ3v) is 3.91. The van der Waals surface area contributed by atoms with E-state index in [-0.39, 0.29) is 17.5 Å². The van der Waals surface area contributed by atoms with Crippen LogP contribution in [0.15, 0.2) is 42.5 Å². The second-order valence-electron chi connectivity index (χ2n) is 5.56. The van der Waals surface area contributed by atoms with E-state index in [0.717, 1.165) is 16.7 Å². The van der Waals surface area contributed by atoms with Gasteiger partial charge in [0.2, 0.25) is 0 Å². The van der Waals surface area contributed by atoms with Gasteiger partial charge in [0.15, 0.2) is 0 Å². The van der Waals surface area contributed by atoms with E-state index in [1.54, 1.807) is 13.1 Å². The molecule has 0 aliphatic carbocycles. The molecule has 0 spiro atoms. The number of carbonyl (C=O) groups excluding carboxylic acids is 1. The first-order valence-electron chi connectivity index (χ1n) is 7.28. The first kappa shape index (κ1) is 16.2. The van der Waals surface area contributed by atoms with Crippen LogP contribution in [0.4, 0.5) is 4.39 Å². The zero-order valence-corrected chi connectivity index (χ0v) is 13.1. The molecule has 0 heterocycles. The van der Waals surface area contributed by atoms with E-state index in [1.807, 2.05) is 38.1 Å². The Morgan fingerprint density at radius 3 is 2.32 bits per heavy atom. The van der Waals surface area contributed by atoms with Gasteiger partial charge in [-0.05, 0) is 37.1 Å². The molecule has 0 saturated carbocycles. The SMILES string of the molecule is Cc1ccc(-c2ccc(C(=O)N(C)C(C)CN)c(F)c2)cc1. The van der Waals surface area contributed by atoms with Crippen molar-refractivity contribution in [1.82, 2.24) is 4.90 Å². The number of benzene rings is 2. The Labute approximate surface area is 130 Å².